The van der Waals surface area contributed by atoms with E-state index in [1.165, 1.54) is 0 Å². The van der Waals surface area contributed by atoms with Crippen molar-refractivity contribution in [1.29, 1.82) is 0 Å². The van der Waals surface area contributed by atoms with Gasteiger partial charge in [-0.3, -0.25) is 0 Å². The van der Waals surface area contributed by atoms with E-state index in [0.717, 1.165) is 27.1 Å². The van der Waals surface area contributed by atoms with Crippen molar-refractivity contribution in [1.82, 2.24) is 0 Å². The molecule has 0 atom stereocenters. The standard InChI is InChI=1S/C26H38BrO2Si2/c1-25(2,3)30(7,8)28-23-17-16-21(22(27)18-20-14-12-11-13-15-20)19-24(23)29-31(9,10)26(4,5)6/h11-12,14-19H,1-10H3. The van der Waals surface area contributed by atoms with Gasteiger partial charge in [-0.25, -0.2) is 0 Å². The average Bonchev–Trinajstić information content (AvgIpc) is 2.61. The molecule has 2 nitrogen and oxygen atoms in total. The van der Waals surface area contributed by atoms with Gasteiger partial charge in [-0.05, 0) is 83.8 Å². The molecule has 0 amide bonds. The zero-order valence-electron chi connectivity index (χ0n) is 20.8. The highest BCUT2D eigenvalue weighted by atomic mass is 79.9. The van der Waals surface area contributed by atoms with Crippen molar-refractivity contribution in [2.45, 2.75) is 77.8 Å². The maximum Gasteiger partial charge on any atom is 0.250 e. The largest absolute Gasteiger partial charge is 0.541 e. The smallest absolute Gasteiger partial charge is 0.250 e. The number of rotatable bonds is 6. The molecule has 2 rings (SSSR count). The summed E-state index contributed by atoms with van der Waals surface area (Å²) in [5, 5.41) is 0.217. The van der Waals surface area contributed by atoms with Crippen molar-refractivity contribution < 1.29 is 8.85 Å². The van der Waals surface area contributed by atoms with Crippen molar-refractivity contribution in [2.75, 3.05) is 0 Å². The lowest BCUT2D eigenvalue weighted by molar-refractivity contribution is 0.440. The molecule has 0 aliphatic rings. The fourth-order valence-electron chi connectivity index (χ4n) is 2.40. The van der Waals surface area contributed by atoms with E-state index in [-0.39, 0.29) is 10.1 Å². The van der Waals surface area contributed by atoms with E-state index in [0.29, 0.717) is 0 Å². The van der Waals surface area contributed by atoms with Crippen molar-refractivity contribution in [2.24, 2.45) is 0 Å². The Bertz CT molecular complexity index is 921. The lowest BCUT2D eigenvalue weighted by Crippen LogP contribution is -2.45. The van der Waals surface area contributed by atoms with Crippen LogP contribution in [0.3, 0.4) is 0 Å². The third kappa shape index (κ3) is 6.59. The van der Waals surface area contributed by atoms with Crippen LogP contribution in [0.25, 0.3) is 10.6 Å². The molecule has 1 radical (unpaired) electrons. The van der Waals surface area contributed by atoms with Gasteiger partial charge in [0, 0.05) is 4.48 Å². The van der Waals surface area contributed by atoms with Gasteiger partial charge < -0.3 is 8.85 Å². The molecule has 0 fully saturated rings. The Kier molecular flexibility index (Phi) is 7.77. The number of hydrogen-bond acceptors (Lipinski definition) is 2. The number of benzene rings is 2. The fourth-order valence-corrected chi connectivity index (χ4v) is 4.95. The van der Waals surface area contributed by atoms with Crippen LogP contribution in [0.4, 0.5) is 0 Å². The normalized spacial score (nSPS) is 13.8. The summed E-state index contributed by atoms with van der Waals surface area (Å²) in [7, 11) is -4.03. The number of halogens is 1. The van der Waals surface area contributed by atoms with Crippen LogP contribution in [-0.2, 0) is 0 Å². The molecule has 0 heterocycles. The maximum atomic E-state index is 6.78. The van der Waals surface area contributed by atoms with Crippen LogP contribution < -0.4 is 8.85 Å². The molecule has 2 aromatic carbocycles. The van der Waals surface area contributed by atoms with Gasteiger partial charge in [0.05, 0.1) is 0 Å². The van der Waals surface area contributed by atoms with Crippen LogP contribution in [0.1, 0.15) is 52.7 Å². The van der Waals surface area contributed by atoms with E-state index in [1.807, 2.05) is 18.2 Å². The summed E-state index contributed by atoms with van der Waals surface area (Å²) in [6, 6.07) is 17.4. The zero-order chi connectivity index (χ0) is 23.7. The van der Waals surface area contributed by atoms with E-state index in [1.54, 1.807) is 0 Å². The quantitative estimate of drug-likeness (QED) is 0.280. The first kappa shape index (κ1) is 26.0. The third-order valence-electron chi connectivity index (χ3n) is 6.59. The summed E-state index contributed by atoms with van der Waals surface area (Å²) in [5.41, 5.74) is 2.17. The highest BCUT2D eigenvalue weighted by Crippen LogP contribution is 2.44. The lowest BCUT2D eigenvalue weighted by Gasteiger charge is -2.39. The Hall–Kier alpha value is -1.31. The predicted molar refractivity (Wildman–Crippen MR) is 144 cm³/mol. The van der Waals surface area contributed by atoms with Gasteiger partial charge in [0.25, 0.3) is 16.6 Å². The molecular formula is C26H38BrO2Si2. The highest BCUT2D eigenvalue weighted by Gasteiger charge is 2.42. The minimum Gasteiger partial charge on any atom is -0.541 e. The Labute approximate surface area is 200 Å². The van der Waals surface area contributed by atoms with Crippen LogP contribution in [-0.4, -0.2) is 16.6 Å². The molecule has 0 unspecified atom stereocenters. The van der Waals surface area contributed by atoms with Crippen molar-refractivity contribution in [3.63, 3.8) is 0 Å². The molecule has 0 saturated heterocycles. The van der Waals surface area contributed by atoms with Gasteiger partial charge >= 0.3 is 0 Å². The van der Waals surface area contributed by atoms with E-state index in [2.05, 4.69) is 120 Å². The molecule has 0 aliphatic carbocycles. The summed E-state index contributed by atoms with van der Waals surface area (Å²) in [5.74, 6) is 1.70. The summed E-state index contributed by atoms with van der Waals surface area (Å²) < 4.78 is 14.5. The van der Waals surface area contributed by atoms with Crippen molar-refractivity contribution in [3.8, 4) is 11.5 Å². The predicted octanol–water partition coefficient (Wildman–Crippen LogP) is 9.15. The molecule has 0 N–H and O–H groups in total. The number of hydrogen-bond donors (Lipinski definition) is 0. The van der Waals surface area contributed by atoms with Crippen LogP contribution in [0.15, 0.2) is 42.5 Å². The monoisotopic (exact) mass is 517 g/mol. The Morgan fingerprint density at radius 2 is 1.42 bits per heavy atom. The van der Waals surface area contributed by atoms with Crippen LogP contribution >= 0.6 is 15.9 Å². The summed E-state index contributed by atoms with van der Waals surface area (Å²) in [6.07, 6.45) is 2.11. The van der Waals surface area contributed by atoms with Crippen molar-refractivity contribution >= 4 is 43.1 Å². The Balaban J connectivity index is 2.52. The molecule has 0 aliphatic heterocycles. The highest BCUT2D eigenvalue weighted by molar-refractivity contribution is 9.15. The van der Waals surface area contributed by atoms with Gasteiger partial charge in [-0.2, -0.15) is 0 Å². The van der Waals surface area contributed by atoms with Gasteiger partial charge in [-0.1, -0.05) is 75.7 Å². The minimum atomic E-state index is -2.03. The molecule has 5 heteroatoms. The Morgan fingerprint density at radius 1 is 0.871 bits per heavy atom. The van der Waals surface area contributed by atoms with Gasteiger partial charge in [0.1, 0.15) is 11.5 Å². The van der Waals surface area contributed by atoms with Crippen LogP contribution in [0.2, 0.25) is 36.3 Å². The topological polar surface area (TPSA) is 18.5 Å². The lowest BCUT2D eigenvalue weighted by atomic mass is 10.1. The first-order chi connectivity index (χ1) is 14.0. The van der Waals surface area contributed by atoms with Gasteiger partial charge in [-0.15, -0.1) is 0 Å². The van der Waals surface area contributed by atoms with E-state index in [9.17, 15) is 0 Å². The van der Waals surface area contributed by atoms with Crippen LogP contribution in [0, 0.1) is 6.07 Å². The SMILES string of the molecule is CC(C)(C)[Si](C)(C)Oc1ccc(C(Br)=Cc2c[c]ccc2)cc1O[Si](C)(C)C(C)(C)C. The molecular weight excluding hydrogens is 480 g/mol. The minimum absolute atomic E-state index is 0.101. The average molecular weight is 519 g/mol. The van der Waals surface area contributed by atoms with E-state index >= 15 is 0 Å². The van der Waals surface area contributed by atoms with Crippen LogP contribution in [0.5, 0.6) is 11.5 Å². The Morgan fingerprint density at radius 3 is 1.90 bits per heavy atom. The summed E-state index contributed by atoms with van der Waals surface area (Å²) in [4.78, 5) is 0. The molecule has 0 bridgehead atoms. The zero-order valence-corrected chi connectivity index (χ0v) is 24.4. The van der Waals surface area contributed by atoms with E-state index < -0.39 is 16.6 Å². The van der Waals surface area contributed by atoms with Crippen molar-refractivity contribution in [3.05, 3.63) is 59.7 Å². The van der Waals surface area contributed by atoms with E-state index in [4.69, 9.17) is 8.85 Å². The molecule has 31 heavy (non-hydrogen) atoms. The molecule has 0 aromatic heterocycles. The fraction of sp³-hybridized carbons (Fsp3) is 0.462. The first-order valence-electron chi connectivity index (χ1n) is 10.9. The second kappa shape index (κ2) is 9.28. The molecule has 2 aromatic rings. The summed E-state index contributed by atoms with van der Waals surface area (Å²) >= 11 is 3.76. The first-order valence-corrected chi connectivity index (χ1v) is 17.5. The van der Waals surface area contributed by atoms with Gasteiger partial charge in [0.15, 0.2) is 0 Å². The molecule has 0 spiro atoms. The second-order valence-corrected chi connectivity index (χ2v) is 21.5. The third-order valence-corrected chi connectivity index (χ3v) is 16.0. The maximum absolute atomic E-state index is 6.78. The molecule has 0 saturated carbocycles. The molecule has 169 valence electrons. The second-order valence-electron chi connectivity index (χ2n) is 11.2. The summed E-state index contributed by atoms with van der Waals surface area (Å²) in [6.45, 7) is 22.7. The van der Waals surface area contributed by atoms with Gasteiger partial charge in [0.2, 0.25) is 0 Å².